The zero-order valence-corrected chi connectivity index (χ0v) is 15.3. The van der Waals surface area contributed by atoms with Crippen molar-refractivity contribution in [2.45, 2.75) is 6.67 Å². The molecule has 1 fully saturated rings. The largest absolute Gasteiger partial charge is 0.373 e. The van der Waals surface area contributed by atoms with Crippen LogP contribution >= 0.6 is 11.6 Å². The SMILES string of the molecule is O=c1n(C[NH+]2CCN(c3ccc(F)cc3)CC2)nnn1-c1ccccc1Cl. The highest BCUT2D eigenvalue weighted by atomic mass is 35.5. The Morgan fingerprint density at radius 1 is 1.04 bits per heavy atom. The lowest BCUT2D eigenvalue weighted by Crippen LogP contribution is -3.14. The average molecular weight is 390 g/mol. The second-order valence-corrected chi connectivity index (χ2v) is 6.90. The summed E-state index contributed by atoms with van der Waals surface area (Å²) >= 11 is 6.14. The molecule has 0 amide bonds. The lowest BCUT2D eigenvalue weighted by atomic mass is 10.2. The van der Waals surface area contributed by atoms with Crippen molar-refractivity contribution in [1.29, 1.82) is 0 Å². The first kappa shape index (κ1) is 17.7. The van der Waals surface area contributed by atoms with Crippen LogP contribution in [0, 0.1) is 5.82 Å². The third-order valence-corrected chi connectivity index (χ3v) is 5.08. The van der Waals surface area contributed by atoms with Gasteiger partial charge in [-0.3, -0.25) is 0 Å². The first-order valence-corrected chi connectivity index (χ1v) is 9.11. The van der Waals surface area contributed by atoms with Gasteiger partial charge in [0.25, 0.3) is 0 Å². The molecule has 0 radical (unpaired) electrons. The van der Waals surface area contributed by atoms with E-state index in [1.165, 1.54) is 26.4 Å². The second-order valence-electron chi connectivity index (χ2n) is 6.50. The van der Waals surface area contributed by atoms with Crippen molar-refractivity contribution in [2.75, 3.05) is 31.1 Å². The van der Waals surface area contributed by atoms with E-state index in [0.29, 0.717) is 17.4 Å². The Balaban J connectivity index is 1.42. The van der Waals surface area contributed by atoms with Crippen LogP contribution in [0.25, 0.3) is 5.69 Å². The molecule has 0 unspecified atom stereocenters. The summed E-state index contributed by atoms with van der Waals surface area (Å²) in [6.07, 6.45) is 0. The number of piperazine rings is 1. The predicted octanol–water partition coefficient (Wildman–Crippen LogP) is 0.584. The Morgan fingerprint density at radius 3 is 2.44 bits per heavy atom. The lowest BCUT2D eigenvalue weighted by Gasteiger charge is -2.33. The molecule has 0 aliphatic carbocycles. The summed E-state index contributed by atoms with van der Waals surface area (Å²) in [7, 11) is 0. The number of benzene rings is 2. The summed E-state index contributed by atoms with van der Waals surface area (Å²) < 4.78 is 15.7. The topological polar surface area (TPSA) is 60.4 Å². The van der Waals surface area contributed by atoms with Crippen LogP contribution in [0.2, 0.25) is 5.02 Å². The fourth-order valence-corrected chi connectivity index (χ4v) is 3.47. The van der Waals surface area contributed by atoms with Crippen LogP contribution in [0.3, 0.4) is 0 Å². The van der Waals surface area contributed by atoms with Crippen LogP contribution in [0.1, 0.15) is 0 Å². The zero-order valence-electron chi connectivity index (χ0n) is 14.6. The van der Waals surface area contributed by atoms with Crippen molar-refractivity contribution in [3.63, 3.8) is 0 Å². The Labute approximate surface area is 160 Å². The monoisotopic (exact) mass is 389 g/mol. The van der Waals surface area contributed by atoms with Gasteiger partial charge in [-0.05, 0) is 46.8 Å². The molecule has 0 spiro atoms. The quantitative estimate of drug-likeness (QED) is 0.709. The van der Waals surface area contributed by atoms with Crippen LogP contribution < -0.4 is 15.5 Å². The molecule has 4 rings (SSSR count). The number of nitrogens with one attached hydrogen (secondary N) is 1. The van der Waals surface area contributed by atoms with Crippen molar-refractivity contribution >= 4 is 17.3 Å². The van der Waals surface area contributed by atoms with Crippen molar-refractivity contribution in [3.8, 4) is 5.69 Å². The number of halogens is 2. The minimum absolute atomic E-state index is 0.232. The maximum Gasteiger partial charge on any atom is 0.373 e. The normalized spacial score (nSPS) is 15.3. The molecule has 0 bridgehead atoms. The van der Waals surface area contributed by atoms with E-state index in [2.05, 4.69) is 15.3 Å². The molecule has 7 nitrogen and oxygen atoms in total. The molecule has 2 heterocycles. The van der Waals surface area contributed by atoms with Gasteiger partial charge in [0.15, 0.2) is 6.67 Å². The average Bonchev–Trinajstić information content (AvgIpc) is 3.04. The van der Waals surface area contributed by atoms with E-state index in [1.54, 1.807) is 36.4 Å². The van der Waals surface area contributed by atoms with Crippen molar-refractivity contribution in [1.82, 2.24) is 19.8 Å². The van der Waals surface area contributed by atoms with E-state index in [0.717, 1.165) is 31.9 Å². The molecule has 1 saturated heterocycles. The van der Waals surface area contributed by atoms with Gasteiger partial charge in [0.05, 0.1) is 36.9 Å². The highest BCUT2D eigenvalue weighted by molar-refractivity contribution is 6.32. The standard InChI is InChI=1S/C18H18ClFN6O/c19-16-3-1-2-4-17(16)26-18(27)25(21-22-26)13-23-9-11-24(12-10-23)15-7-5-14(20)6-8-15/h1-8H,9-13H2/p+1. The van der Waals surface area contributed by atoms with Crippen molar-refractivity contribution in [3.05, 3.63) is 69.9 Å². The number of hydrogen-bond acceptors (Lipinski definition) is 4. The maximum atomic E-state index is 13.1. The number of tetrazole rings is 1. The summed E-state index contributed by atoms with van der Waals surface area (Å²) in [4.78, 5) is 16.0. The van der Waals surface area contributed by atoms with Gasteiger partial charge in [-0.2, -0.15) is 4.68 Å². The summed E-state index contributed by atoms with van der Waals surface area (Å²) in [6, 6.07) is 13.6. The van der Waals surface area contributed by atoms with Gasteiger partial charge in [-0.1, -0.05) is 23.7 Å². The minimum atomic E-state index is -0.309. The third-order valence-electron chi connectivity index (χ3n) is 4.76. The van der Waals surface area contributed by atoms with E-state index < -0.39 is 0 Å². The molecule has 0 saturated carbocycles. The van der Waals surface area contributed by atoms with Crippen molar-refractivity contribution in [2.24, 2.45) is 0 Å². The summed E-state index contributed by atoms with van der Waals surface area (Å²) in [5.74, 6) is -0.232. The summed E-state index contributed by atoms with van der Waals surface area (Å²) in [5, 5.41) is 8.40. The zero-order chi connectivity index (χ0) is 18.8. The molecule has 3 aromatic rings. The number of rotatable bonds is 4. The van der Waals surface area contributed by atoms with E-state index in [-0.39, 0.29) is 11.5 Å². The van der Waals surface area contributed by atoms with Crippen LogP contribution in [-0.4, -0.2) is 46.0 Å². The van der Waals surface area contributed by atoms with E-state index in [4.69, 9.17) is 11.6 Å². The Hall–Kier alpha value is -2.71. The third kappa shape index (κ3) is 3.72. The number of hydrogen-bond donors (Lipinski definition) is 1. The lowest BCUT2D eigenvalue weighted by molar-refractivity contribution is -0.924. The molecule has 1 N–H and O–H groups in total. The number of aromatic nitrogens is 4. The second kappa shape index (κ2) is 7.50. The minimum Gasteiger partial charge on any atom is -0.360 e. The molecule has 1 aliphatic rings. The summed E-state index contributed by atoms with van der Waals surface area (Å²) in [6.45, 7) is 3.80. The molecule has 140 valence electrons. The van der Waals surface area contributed by atoms with Crippen LogP contribution in [-0.2, 0) is 6.67 Å². The van der Waals surface area contributed by atoms with E-state index in [9.17, 15) is 9.18 Å². The van der Waals surface area contributed by atoms with Gasteiger partial charge in [-0.15, -0.1) is 4.68 Å². The molecular formula is C18H19ClFN6O+. The smallest absolute Gasteiger partial charge is 0.360 e. The fourth-order valence-electron chi connectivity index (χ4n) is 3.25. The van der Waals surface area contributed by atoms with Gasteiger partial charge < -0.3 is 9.80 Å². The van der Waals surface area contributed by atoms with Crippen LogP contribution in [0.15, 0.2) is 53.3 Å². The first-order chi connectivity index (χ1) is 13.1. The summed E-state index contributed by atoms with van der Waals surface area (Å²) in [5.41, 5.74) is 1.22. The Morgan fingerprint density at radius 2 is 1.74 bits per heavy atom. The molecule has 2 aromatic carbocycles. The molecule has 27 heavy (non-hydrogen) atoms. The Kier molecular flexibility index (Phi) is 4.91. The number of quaternary nitrogens is 1. The highest BCUT2D eigenvalue weighted by Crippen LogP contribution is 2.17. The number of para-hydroxylation sites is 1. The van der Waals surface area contributed by atoms with Gasteiger partial charge >= 0.3 is 5.69 Å². The van der Waals surface area contributed by atoms with E-state index in [1.807, 2.05) is 0 Å². The van der Waals surface area contributed by atoms with Crippen LogP contribution in [0.4, 0.5) is 10.1 Å². The first-order valence-electron chi connectivity index (χ1n) is 8.73. The number of anilines is 1. The van der Waals surface area contributed by atoms with Crippen molar-refractivity contribution < 1.29 is 9.29 Å². The Bertz CT molecular complexity index is 978. The van der Waals surface area contributed by atoms with Gasteiger partial charge in [-0.25, -0.2) is 9.18 Å². The molecule has 9 heteroatoms. The van der Waals surface area contributed by atoms with Crippen LogP contribution in [0.5, 0.6) is 0 Å². The van der Waals surface area contributed by atoms with Gasteiger partial charge in [0.2, 0.25) is 0 Å². The van der Waals surface area contributed by atoms with E-state index >= 15 is 0 Å². The molecule has 1 aromatic heterocycles. The maximum absolute atomic E-state index is 13.1. The highest BCUT2D eigenvalue weighted by Gasteiger charge is 2.22. The predicted molar refractivity (Wildman–Crippen MR) is 99.9 cm³/mol. The number of nitrogens with zero attached hydrogens (tertiary/aromatic N) is 5. The molecule has 0 atom stereocenters. The molecular weight excluding hydrogens is 371 g/mol. The van der Waals surface area contributed by atoms with Gasteiger partial charge in [0, 0.05) is 5.69 Å². The fraction of sp³-hybridized carbons (Fsp3) is 0.278. The van der Waals surface area contributed by atoms with Gasteiger partial charge in [0.1, 0.15) is 5.82 Å². The molecule has 1 aliphatic heterocycles.